The van der Waals surface area contributed by atoms with Crippen LogP contribution in [0, 0.1) is 6.92 Å². The van der Waals surface area contributed by atoms with Crippen molar-refractivity contribution in [1.82, 2.24) is 14.3 Å². The number of aryl methyl sites for hydroxylation is 1. The summed E-state index contributed by atoms with van der Waals surface area (Å²) in [4.78, 5) is 22.2. The molecule has 1 aliphatic rings. The van der Waals surface area contributed by atoms with Gasteiger partial charge in [0.05, 0.1) is 5.75 Å². The van der Waals surface area contributed by atoms with Crippen molar-refractivity contribution in [2.45, 2.75) is 26.3 Å². The van der Waals surface area contributed by atoms with Gasteiger partial charge in [0, 0.05) is 35.9 Å². The van der Waals surface area contributed by atoms with Gasteiger partial charge in [-0.25, -0.2) is 13.4 Å². The smallest absolute Gasteiger partial charge is 0.215 e. The van der Waals surface area contributed by atoms with Gasteiger partial charge >= 0.3 is 0 Å². The Labute approximate surface area is 204 Å². The highest BCUT2D eigenvalue weighted by molar-refractivity contribution is 7.89. The zero-order chi connectivity index (χ0) is 24.6. The maximum Gasteiger partial charge on any atom is 0.215 e. The van der Waals surface area contributed by atoms with Gasteiger partial charge in [-0.2, -0.15) is 4.31 Å². The summed E-state index contributed by atoms with van der Waals surface area (Å²) in [6.45, 7) is 2.44. The summed E-state index contributed by atoms with van der Waals surface area (Å²) in [7, 11) is -3.29. The van der Waals surface area contributed by atoms with Crippen LogP contribution < -0.4 is 0 Å². The molecular formula is C27H25N3O4S. The molecule has 0 radical (unpaired) electrons. The molecule has 0 unspecified atom stereocenters. The highest BCUT2D eigenvalue weighted by atomic mass is 32.2. The number of aromatic hydroxyl groups is 1. The fourth-order valence-corrected chi connectivity index (χ4v) is 6.07. The van der Waals surface area contributed by atoms with Crippen molar-refractivity contribution >= 4 is 26.7 Å². The molecular weight excluding hydrogens is 462 g/mol. The Balaban J connectivity index is 1.58. The molecule has 1 aliphatic heterocycles. The van der Waals surface area contributed by atoms with Crippen LogP contribution in [0.15, 0.2) is 66.9 Å². The Morgan fingerprint density at radius 3 is 2.54 bits per heavy atom. The molecule has 0 saturated carbocycles. The molecule has 178 valence electrons. The summed E-state index contributed by atoms with van der Waals surface area (Å²) < 4.78 is 26.3. The van der Waals surface area contributed by atoms with Crippen molar-refractivity contribution < 1.29 is 18.3 Å². The first kappa shape index (κ1) is 23.1. The number of pyridine rings is 2. The number of rotatable bonds is 6. The van der Waals surface area contributed by atoms with E-state index in [1.807, 2.05) is 36.4 Å². The number of hydrogen-bond donors (Lipinski definition) is 1. The first-order chi connectivity index (χ1) is 16.8. The molecule has 0 amide bonds. The normalized spacial score (nSPS) is 15.5. The fraction of sp³-hybridized carbons (Fsp3) is 0.222. The van der Waals surface area contributed by atoms with Crippen LogP contribution in [0.4, 0.5) is 0 Å². The molecule has 7 nitrogen and oxygen atoms in total. The fourth-order valence-electron chi connectivity index (χ4n) is 4.57. The lowest BCUT2D eigenvalue weighted by molar-refractivity contribution is 0.103. The lowest BCUT2D eigenvalue weighted by atomic mass is 9.96. The zero-order valence-corrected chi connectivity index (χ0v) is 20.1. The molecule has 5 rings (SSSR count). The predicted octanol–water partition coefficient (Wildman–Crippen LogP) is 4.00. The van der Waals surface area contributed by atoms with Crippen molar-refractivity contribution in [2.24, 2.45) is 0 Å². The highest BCUT2D eigenvalue weighted by Gasteiger charge is 2.28. The van der Waals surface area contributed by atoms with E-state index in [4.69, 9.17) is 0 Å². The number of ketones is 1. The zero-order valence-electron chi connectivity index (χ0n) is 19.3. The summed E-state index contributed by atoms with van der Waals surface area (Å²) in [5.74, 6) is -0.546. The SMILES string of the molecule is Cc1nc(C(=O)c2cc(Cc3ccccc3)cc(CN3CCCS3(=O)=O)c2)c(O)c2ncccc12. The number of sulfonamides is 1. The van der Waals surface area contributed by atoms with Crippen LogP contribution in [0.3, 0.4) is 0 Å². The van der Waals surface area contributed by atoms with Crippen LogP contribution in [-0.2, 0) is 23.0 Å². The van der Waals surface area contributed by atoms with Gasteiger partial charge in [0.25, 0.3) is 0 Å². The molecule has 3 heterocycles. The van der Waals surface area contributed by atoms with E-state index in [1.165, 1.54) is 4.31 Å². The number of benzene rings is 2. The van der Waals surface area contributed by atoms with Gasteiger partial charge < -0.3 is 5.11 Å². The van der Waals surface area contributed by atoms with Gasteiger partial charge in [-0.05, 0) is 60.7 Å². The summed E-state index contributed by atoms with van der Waals surface area (Å²) in [5, 5.41) is 11.5. The summed E-state index contributed by atoms with van der Waals surface area (Å²) in [6, 6.07) is 18.8. The third-order valence-electron chi connectivity index (χ3n) is 6.27. The molecule has 0 atom stereocenters. The largest absolute Gasteiger partial charge is 0.504 e. The van der Waals surface area contributed by atoms with E-state index in [2.05, 4.69) is 9.97 Å². The molecule has 0 bridgehead atoms. The minimum atomic E-state index is -3.29. The third-order valence-corrected chi connectivity index (χ3v) is 8.17. The van der Waals surface area contributed by atoms with Crippen molar-refractivity contribution in [3.63, 3.8) is 0 Å². The van der Waals surface area contributed by atoms with Crippen LogP contribution in [0.5, 0.6) is 5.75 Å². The molecule has 2 aromatic carbocycles. The van der Waals surface area contributed by atoms with Crippen molar-refractivity contribution in [3.05, 3.63) is 101 Å². The summed E-state index contributed by atoms with van der Waals surface area (Å²) in [5.41, 5.74) is 3.88. The maximum absolute atomic E-state index is 13.6. The molecule has 1 N–H and O–H groups in total. The van der Waals surface area contributed by atoms with E-state index in [0.717, 1.165) is 16.7 Å². The molecule has 8 heteroatoms. The third kappa shape index (κ3) is 4.67. The van der Waals surface area contributed by atoms with E-state index in [-0.39, 0.29) is 23.7 Å². The summed E-state index contributed by atoms with van der Waals surface area (Å²) >= 11 is 0. The quantitative estimate of drug-likeness (QED) is 0.413. The number of carbonyl (C=O) groups is 1. The Hall–Kier alpha value is -3.62. The second kappa shape index (κ2) is 9.20. The van der Waals surface area contributed by atoms with Crippen molar-refractivity contribution in [1.29, 1.82) is 0 Å². The minimum Gasteiger partial charge on any atom is -0.504 e. The van der Waals surface area contributed by atoms with Gasteiger partial charge in [0.1, 0.15) is 5.52 Å². The number of aromatic nitrogens is 2. The Morgan fingerprint density at radius 2 is 1.80 bits per heavy atom. The first-order valence-electron chi connectivity index (χ1n) is 11.5. The maximum atomic E-state index is 13.6. The van der Waals surface area contributed by atoms with Gasteiger partial charge in [0.15, 0.2) is 11.4 Å². The Bertz CT molecular complexity index is 1540. The molecule has 4 aromatic rings. The van der Waals surface area contributed by atoms with Gasteiger partial charge in [-0.15, -0.1) is 0 Å². The van der Waals surface area contributed by atoms with E-state index >= 15 is 0 Å². The average Bonchev–Trinajstić information content (AvgIpc) is 3.19. The molecule has 1 fully saturated rings. The number of carbonyl (C=O) groups excluding carboxylic acids is 1. The Morgan fingerprint density at radius 1 is 1.03 bits per heavy atom. The molecule has 0 spiro atoms. The van der Waals surface area contributed by atoms with Crippen molar-refractivity contribution in [3.8, 4) is 5.75 Å². The van der Waals surface area contributed by atoms with Crippen LogP contribution >= 0.6 is 0 Å². The van der Waals surface area contributed by atoms with E-state index in [9.17, 15) is 18.3 Å². The van der Waals surface area contributed by atoms with Crippen LogP contribution in [0.25, 0.3) is 10.9 Å². The second-order valence-electron chi connectivity index (χ2n) is 8.83. The molecule has 1 saturated heterocycles. The molecule has 2 aromatic heterocycles. The van der Waals surface area contributed by atoms with Crippen molar-refractivity contribution in [2.75, 3.05) is 12.3 Å². The lowest BCUT2D eigenvalue weighted by Gasteiger charge is -2.16. The molecule has 35 heavy (non-hydrogen) atoms. The van der Waals surface area contributed by atoms with Crippen LogP contribution in [0.1, 0.15) is 44.9 Å². The average molecular weight is 488 g/mol. The van der Waals surface area contributed by atoms with E-state index < -0.39 is 15.8 Å². The van der Waals surface area contributed by atoms with Crippen LogP contribution in [0.2, 0.25) is 0 Å². The minimum absolute atomic E-state index is 0.0645. The first-order valence-corrected chi connectivity index (χ1v) is 13.1. The van der Waals surface area contributed by atoms with Crippen LogP contribution in [-0.4, -0.2) is 45.9 Å². The second-order valence-corrected chi connectivity index (χ2v) is 10.9. The van der Waals surface area contributed by atoms with Gasteiger partial charge in [-0.3, -0.25) is 9.78 Å². The monoisotopic (exact) mass is 487 g/mol. The number of fused-ring (bicyclic) bond motifs is 1. The lowest BCUT2D eigenvalue weighted by Crippen LogP contribution is -2.25. The number of nitrogens with zero attached hydrogens (tertiary/aromatic N) is 3. The Kier molecular flexibility index (Phi) is 6.08. The highest BCUT2D eigenvalue weighted by Crippen LogP contribution is 2.30. The van der Waals surface area contributed by atoms with E-state index in [0.29, 0.717) is 41.5 Å². The van der Waals surface area contributed by atoms with E-state index in [1.54, 1.807) is 37.4 Å². The standard InChI is InChI=1S/C27H25N3O4S/c1-18-23-9-5-10-28-24(23)27(32)25(29-18)26(31)22-15-20(13-19-7-3-2-4-8-19)14-21(16-22)17-30-11-6-12-35(30,33)34/h2-5,7-10,14-16,32H,6,11-13,17H2,1H3. The topological polar surface area (TPSA) is 100 Å². The van der Waals surface area contributed by atoms with Gasteiger partial charge in [-0.1, -0.05) is 36.4 Å². The number of hydrogen-bond acceptors (Lipinski definition) is 6. The molecule has 0 aliphatic carbocycles. The predicted molar refractivity (Wildman–Crippen MR) is 134 cm³/mol. The van der Waals surface area contributed by atoms with Gasteiger partial charge in [0.2, 0.25) is 15.8 Å². The summed E-state index contributed by atoms with van der Waals surface area (Å²) in [6.07, 6.45) is 2.74.